The molecule has 4 heteroatoms. The van der Waals surface area contributed by atoms with Crippen LogP contribution in [0.1, 0.15) is 27.9 Å². The Morgan fingerprint density at radius 1 is 1.20 bits per heavy atom. The second-order valence-corrected chi connectivity index (χ2v) is 5.30. The minimum atomic E-state index is 0.406. The number of aromatic nitrogens is 1. The number of ether oxygens (including phenoxy) is 1. The molecule has 0 aliphatic rings. The maximum atomic E-state index is 5.92. The zero-order valence-corrected chi connectivity index (χ0v) is 12.8. The topological polar surface area (TPSA) is 48.1 Å². The third kappa shape index (κ3) is 3.14. The van der Waals surface area contributed by atoms with Gasteiger partial charge in [0.25, 0.3) is 0 Å². The molecule has 1 aromatic heterocycles. The van der Waals surface area contributed by atoms with E-state index in [9.17, 15) is 0 Å². The molecule has 0 fully saturated rings. The van der Waals surface area contributed by atoms with Crippen molar-refractivity contribution in [3.05, 3.63) is 58.4 Å². The molecule has 1 heterocycles. The molecule has 0 unspecified atom stereocenters. The third-order valence-electron chi connectivity index (χ3n) is 3.22. The van der Waals surface area contributed by atoms with Crippen LogP contribution in [0.5, 0.6) is 5.75 Å². The maximum Gasteiger partial charge on any atom is 0.130 e. The first-order valence-corrected chi connectivity index (χ1v) is 6.84. The van der Waals surface area contributed by atoms with E-state index in [1.54, 1.807) is 6.20 Å². The summed E-state index contributed by atoms with van der Waals surface area (Å²) < 4.78 is 5.92. The van der Waals surface area contributed by atoms with Gasteiger partial charge in [-0.1, -0.05) is 18.3 Å². The molecule has 0 saturated heterocycles. The number of nitrogens with two attached hydrogens (primary N) is 1. The summed E-state index contributed by atoms with van der Waals surface area (Å²) in [6, 6.07) is 7.86. The lowest BCUT2D eigenvalue weighted by atomic mass is 10.1. The summed E-state index contributed by atoms with van der Waals surface area (Å²) in [4.78, 5) is 4.74. The predicted molar refractivity (Wildman–Crippen MR) is 85.1 cm³/mol. The summed E-state index contributed by atoms with van der Waals surface area (Å²) in [5, 5.41) is 0. The van der Waals surface area contributed by atoms with Crippen molar-refractivity contribution in [1.29, 1.82) is 0 Å². The van der Waals surface area contributed by atoms with E-state index in [2.05, 4.69) is 4.98 Å². The van der Waals surface area contributed by atoms with E-state index in [0.717, 1.165) is 33.7 Å². The molecule has 0 spiro atoms. The molecule has 0 aliphatic carbocycles. The van der Waals surface area contributed by atoms with Crippen molar-refractivity contribution in [2.75, 3.05) is 0 Å². The van der Waals surface area contributed by atoms with Crippen molar-refractivity contribution in [2.45, 2.75) is 27.4 Å². The van der Waals surface area contributed by atoms with E-state index in [1.807, 2.05) is 45.0 Å². The molecule has 2 rings (SSSR count). The van der Waals surface area contributed by atoms with Crippen LogP contribution in [0.2, 0.25) is 0 Å². The van der Waals surface area contributed by atoms with E-state index in [1.165, 1.54) is 0 Å². The number of benzene rings is 1. The Balaban J connectivity index is 2.22. The van der Waals surface area contributed by atoms with Crippen LogP contribution in [0.4, 0.5) is 0 Å². The fraction of sp³-hybridized carbons (Fsp3) is 0.250. The molecule has 0 atom stereocenters. The predicted octanol–water partition coefficient (Wildman–Crippen LogP) is 3.22. The van der Waals surface area contributed by atoms with Crippen LogP contribution in [0.25, 0.3) is 0 Å². The monoisotopic (exact) mass is 286 g/mol. The number of pyridine rings is 1. The van der Waals surface area contributed by atoms with Crippen LogP contribution in [0, 0.1) is 20.8 Å². The standard InChI is InChI=1S/C16H18N2OS/c1-10-5-4-6-18-14(10)9-19-15-11(2)7-13(16(17)20)8-12(15)3/h4-8H,9H2,1-3H3,(H2,17,20). The van der Waals surface area contributed by atoms with Crippen molar-refractivity contribution < 1.29 is 4.74 Å². The molecular formula is C16H18N2OS. The molecule has 0 aliphatic heterocycles. The molecule has 1 aromatic carbocycles. The Labute approximate surface area is 124 Å². The van der Waals surface area contributed by atoms with Crippen molar-refractivity contribution in [2.24, 2.45) is 5.73 Å². The van der Waals surface area contributed by atoms with Gasteiger partial charge in [0.15, 0.2) is 0 Å². The van der Waals surface area contributed by atoms with Gasteiger partial charge in [0.1, 0.15) is 17.3 Å². The first-order chi connectivity index (χ1) is 9.49. The van der Waals surface area contributed by atoms with Crippen molar-refractivity contribution >= 4 is 17.2 Å². The fourth-order valence-electron chi connectivity index (χ4n) is 2.13. The van der Waals surface area contributed by atoms with Crippen LogP contribution >= 0.6 is 12.2 Å². The second kappa shape index (κ2) is 6.01. The van der Waals surface area contributed by atoms with E-state index in [4.69, 9.17) is 22.7 Å². The molecular weight excluding hydrogens is 268 g/mol. The van der Waals surface area contributed by atoms with Gasteiger partial charge in [0, 0.05) is 11.8 Å². The molecule has 0 amide bonds. The normalized spacial score (nSPS) is 10.3. The second-order valence-electron chi connectivity index (χ2n) is 4.86. The van der Waals surface area contributed by atoms with Crippen molar-refractivity contribution in [1.82, 2.24) is 4.98 Å². The lowest BCUT2D eigenvalue weighted by Crippen LogP contribution is -2.11. The summed E-state index contributed by atoms with van der Waals surface area (Å²) in [6.07, 6.45) is 1.78. The molecule has 2 N–H and O–H groups in total. The van der Waals surface area contributed by atoms with Crippen LogP contribution < -0.4 is 10.5 Å². The number of aryl methyl sites for hydroxylation is 3. The molecule has 3 nitrogen and oxygen atoms in total. The molecule has 0 radical (unpaired) electrons. The Morgan fingerprint density at radius 3 is 2.40 bits per heavy atom. The van der Waals surface area contributed by atoms with E-state index in [0.29, 0.717) is 11.6 Å². The number of nitrogens with zero attached hydrogens (tertiary/aromatic N) is 1. The molecule has 0 bridgehead atoms. The van der Waals surface area contributed by atoms with E-state index >= 15 is 0 Å². The van der Waals surface area contributed by atoms with Gasteiger partial charge in [-0.2, -0.15) is 0 Å². The lowest BCUT2D eigenvalue weighted by molar-refractivity contribution is 0.296. The average molecular weight is 286 g/mol. The Morgan fingerprint density at radius 2 is 1.85 bits per heavy atom. The van der Waals surface area contributed by atoms with Crippen molar-refractivity contribution in [3.63, 3.8) is 0 Å². The number of thiocarbonyl (C=S) groups is 1. The highest BCUT2D eigenvalue weighted by atomic mass is 32.1. The summed E-state index contributed by atoms with van der Waals surface area (Å²) in [6.45, 7) is 6.48. The van der Waals surface area contributed by atoms with Gasteiger partial charge in [-0.3, -0.25) is 4.98 Å². The van der Waals surface area contributed by atoms with Crippen LogP contribution in [0.3, 0.4) is 0 Å². The number of hydrogen-bond donors (Lipinski definition) is 1. The average Bonchev–Trinajstić information content (AvgIpc) is 2.39. The Kier molecular flexibility index (Phi) is 4.35. The van der Waals surface area contributed by atoms with Gasteiger partial charge in [-0.25, -0.2) is 0 Å². The van der Waals surface area contributed by atoms with Crippen LogP contribution in [0.15, 0.2) is 30.5 Å². The highest BCUT2D eigenvalue weighted by Gasteiger charge is 2.09. The zero-order chi connectivity index (χ0) is 14.7. The minimum absolute atomic E-state index is 0.406. The maximum absolute atomic E-state index is 5.92. The van der Waals surface area contributed by atoms with E-state index < -0.39 is 0 Å². The first-order valence-electron chi connectivity index (χ1n) is 6.43. The highest BCUT2D eigenvalue weighted by molar-refractivity contribution is 7.80. The Hall–Kier alpha value is -1.94. The first kappa shape index (κ1) is 14.5. The fourth-order valence-corrected chi connectivity index (χ4v) is 2.25. The Bertz CT molecular complexity index is 630. The molecule has 20 heavy (non-hydrogen) atoms. The van der Waals surface area contributed by atoms with Gasteiger partial charge in [0.2, 0.25) is 0 Å². The van der Waals surface area contributed by atoms with Gasteiger partial charge >= 0.3 is 0 Å². The van der Waals surface area contributed by atoms with Gasteiger partial charge < -0.3 is 10.5 Å². The molecule has 2 aromatic rings. The summed E-state index contributed by atoms with van der Waals surface area (Å²) in [5.74, 6) is 0.870. The smallest absolute Gasteiger partial charge is 0.130 e. The molecule has 0 saturated carbocycles. The lowest BCUT2D eigenvalue weighted by Gasteiger charge is -2.14. The van der Waals surface area contributed by atoms with Gasteiger partial charge in [-0.15, -0.1) is 0 Å². The highest BCUT2D eigenvalue weighted by Crippen LogP contribution is 2.25. The van der Waals surface area contributed by atoms with Crippen molar-refractivity contribution in [3.8, 4) is 5.75 Å². The number of rotatable bonds is 4. The summed E-state index contributed by atoms with van der Waals surface area (Å²) in [5.41, 5.74) is 10.7. The van der Waals surface area contributed by atoms with Crippen LogP contribution in [-0.2, 0) is 6.61 Å². The quantitative estimate of drug-likeness (QED) is 0.877. The summed E-state index contributed by atoms with van der Waals surface area (Å²) in [7, 11) is 0. The van der Waals surface area contributed by atoms with Gasteiger partial charge in [0.05, 0.1) is 5.69 Å². The third-order valence-corrected chi connectivity index (χ3v) is 3.45. The zero-order valence-electron chi connectivity index (χ0n) is 11.9. The summed E-state index contributed by atoms with van der Waals surface area (Å²) >= 11 is 5.01. The number of hydrogen-bond acceptors (Lipinski definition) is 3. The largest absolute Gasteiger partial charge is 0.487 e. The van der Waals surface area contributed by atoms with Gasteiger partial charge in [-0.05, 0) is 55.7 Å². The van der Waals surface area contributed by atoms with Crippen LogP contribution in [-0.4, -0.2) is 9.97 Å². The van der Waals surface area contributed by atoms with E-state index in [-0.39, 0.29) is 0 Å². The SMILES string of the molecule is Cc1cccnc1COc1c(C)cc(C(N)=S)cc1C. The minimum Gasteiger partial charge on any atom is -0.487 e. The molecule has 104 valence electrons.